The summed E-state index contributed by atoms with van der Waals surface area (Å²) in [6, 6.07) is 13.7. The van der Waals surface area contributed by atoms with Gasteiger partial charge in [0.25, 0.3) is 0 Å². The van der Waals surface area contributed by atoms with Gasteiger partial charge in [-0.25, -0.2) is 12.8 Å². The van der Waals surface area contributed by atoms with Crippen molar-refractivity contribution >= 4 is 55.3 Å². The zero-order valence-corrected chi connectivity index (χ0v) is 20.5. The molecule has 0 unspecified atom stereocenters. The zero-order chi connectivity index (χ0) is 24.0. The van der Waals surface area contributed by atoms with Gasteiger partial charge in [0.15, 0.2) is 0 Å². The maximum atomic E-state index is 15.0. The predicted molar refractivity (Wildman–Crippen MR) is 134 cm³/mol. The average molecular weight is 515 g/mol. The lowest BCUT2D eigenvalue weighted by molar-refractivity contribution is -0.118. The van der Waals surface area contributed by atoms with Crippen molar-refractivity contribution in [1.82, 2.24) is 4.72 Å². The number of fused-ring (bicyclic) bond motifs is 1. The second kappa shape index (κ2) is 8.78. The summed E-state index contributed by atoms with van der Waals surface area (Å²) in [6.07, 6.45) is 0.242. The Morgan fingerprint density at radius 3 is 2.56 bits per heavy atom. The van der Waals surface area contributed by atoms with Gasteiger partial charge in [0.2, 0.25) is 15.9 Å². The van der Waals surface area contributed by atoms with Gasteiger partial charge < -0.3 is 4.90 Å². The Labute approximate surface area is 205 Å². The molecule has 0 saturated carbocycles. The highest BCUT2D eigenvalue weighted by atomic mass is 35.5. The number of aryl methyl sites for hydroxylation is 1. The van der Waals surface area contributed by atoms with E-state index in [-0.39, 0.29) is 23.5 Å². The van der Waals surface area contributed by atoms with Gasteiger partial charge in [-0.15, -0.1) is 0 Å². The molecule has 1 aliphatic rings. The molecule has 4 aromatic rings. The quantitative estimate of drug-likeness (QED) is 0.368. The van der Waals surface area contributed by atoms with Crippen LogP contribution in [0.1, 0.15) is 12.0 Å². The Balaban J connectivity index is 1.36. The third-order valence-corrected chi connectivity index (χ3v) is 8.56. The lowest BCUT2D eigenvalue weighted by atomic mass is 10.0. The Hall–Kier alpha value is -2.78. The normalized spacial score (nSPS) is 16.5. The van der Waals surface area contributed by atoms with Gasteiger partial charge >= 0.3 is 0 Å². The molecule has 174 valence electrons. The summed E-state index contributed by atoms with van der Waals surface area (Å²) in [6.45, 7) is 2.18. The first kappa shape index (κ1) is 23.0. The number of amides is 1. The van der Waals surface area contributed by atoms with Crippen LogP contribution in [0.15, 0.2) is 70.3 Å². The molecule has 5 nitrogen and oxygen atoms in total. The molecule has 1 saturated heterocycles. The zero-order valence-electron chi connectivity index (χ0n) is 18.1. The van der Waals surface area contributed by atoms with E-state index in [1.807, 2.05) is 17.7 Å². The van der Waals surface area contributed by atoms with E-state index < -0.39 is 27.8 Å². The van der Waals surface area contributed by atoms with Crippen molar-refractivity contribution < 1.29 is 17.6 Å². The van der Waals surface area contributed by atoms with Crippen LogP contribution in [0.2, 0.25) is 5.02 Å². The molecule has 3 aromatic carbocycles. The molecule has 1 aromatic heterocycles. The van der Waals surface area contributed by atoms with Gasteiger partial charge in [-0.2, -0.15) is 16.1 Å². The molecule has 0 bridgehead atoms. The van der Waals surface area contributed by atoms with Crippen LogP contribution in [-0.2, 0) is 14.8 Å². The van der Waals surface area contributed by atoms with Crippen LogP contribution in [-0.4, -0.2) is 26.9 Å². The van der Waals surface area contributed by atoms with Gasteiger partial charge in [-0.3, -0.25) is 4.79 Å². The molecule has 2 heterocycles. The first-order valence-corrected chi connectivity index (χ1v) is 13.4. The summed E-state index contributed by atoms with van der Waals surface area (Å²) in [5.41, 5.74) is 2.89. The number of nitrogens with zero attached hydrogens (tertiary/aromatic N) is 1. The van der Waals surface area contributed by atoms with E-state index in [9.17, 15) is 17.6 Å². The van der Waals surface area contributed by atoms with Crippen molar-refractivity contribution in [2.75, 3.05) is 11.4 Å². The summed E-state index contributed by atoms with van der Waals surface area (Å²) in [4.78, 5) is 14.4. The minimum absolute atomic E-state index is 0.0511. The van der Waals surface area contributed by atoms with Gasteiger partial charge in [-0.05, 0) is 88.0 Å². The average Bonchev–Trinajstić information content (AvgIpc) is 3.38. The van der Waals surface area contributed by atoms with Crippen LogP contribution in [0.3, 0.4) is 0 Å². The molecular formula is C25H20ClFN2O3S2. The molecule has 5 rings (SSSR count). The Morgan fingerprint density at radius 1 is 1.06 bits per heavy atom. The molecule has 0 radical (unpaired) electrons. The minimum Gasteiger partial charge on any atom is -0.308 e. The maximum Gasteiger partial charge on any atom is 0.245 e. The smallest absolute Gasteiger partial charge is 0.245 e. The maximum absolute atomic E-state index is 15.0. The highest BCUT2D eigenvalue weighted by Gasteiger charge is 2.36. The fraction of sp³-hybridized carbons (Fsp3) is 0.160. The third kappa shape index (κ3) is 4.22. The van der Waals surface area contributed by atoms with Gasteiger partial charge in [-0.1, -0.05) is 29.8 Å². The largest absolute Gasteiger partial charge is 0.308 e. The van der Waals surface area contributed by atoms with Crippen LogP contribution in [0, 0.1) is 12.7 Å². The molecule has 1 aliphatic heterocycles. The molecule has 1 amide bonds. The number of hydrogen-bond donors (Lipinski definition) is 1. The number of halogens is 2. The summed E-state index contributed by atoms with van der Waals surface area (Å²) >= 11 is 7.54. The number of hydrogen-bond acceptors (Lipinski definition) is 4. The number of sulfonamides is 1. The highest BCUT2D eigenvalue weighted by Crippen LogP contribution is 2.32. The van der Waals surface area contributed by atoms with Crippen LogP contribution < -0.4 is 9.62 Å². The van der Waals surface area contributed by atoms with Crippen LogP contribution >= 0.6 is 22.9 Å². The number of rotatable bonds is 5. The molecule has 1 fully saturated rings. The molecule has 1 atom stereocenters. The van der Waals surface area contributed by atoms with Crippen molar-refractivity contribution in [2.24, 2.45) is 0 Å². The lowest BCUT2D eigenvalue weighted by Crippen LogP contribution is -2.41. The van der Waals surface area contributed by atoms with Crippen molar-refractivity contribution in [3.63, 3.8) is 0 Å². The summed E-state index contributed by atoms with van der Waals surface area (Å²) in [5, 5.41) is 6.04. The van der Waals surface area contributed by atoms with Crippen molar-refractivity contribution in [3.05, 3.63) is 81.8 Å². The molecule has 0 spiro atoms. The summed E-state index contributed by atoms with van der Waals surface area (Å²) in [7, 11) is -3.96. The van der Waals surface area contributed by atoms with Gasteiger partial charge in [0, 0.05) is 11.6 Å². The van der Waals surface area contributed by atoms with Crippen LogP contribution in [0.25, 0.3) is 21.9 Å². The second-order valence-corrected chi connectivity index (χ2v) is 11.1. The Bertz CT molecular complexity index is 1530. The number of carbonyl (C=O) groups is 1. The topological polar surface area (TPSA) is 66.5 Å². The van der Waals surface area contributed by atoms with Crippen molar-refractivity contribution in [3.8, 4) is 11.1 Å². The minimum atomic E-state index is -3.96. The number of nitrogens with one attached hydrogen (secondary N) is 1. The predicted octanol–water partition coefficient (Wildman–Crippen LogP) is 5.75. The molecule has 0 aliphatic carbocycles. The van der Waals surface area contributed by atoms with Crippen LogP contribution in [0.5, 0.6) is 0 Å². The Morgan fingerprint density at radius 2 is 1.82 bits per heavy atom. The lowest BCUT2D eigenvalue weighted by Gasteiger charge is -2.19. The van der Waals surface area contributed by atoms with E-state index in [1.54, 1.807) is 47.7 Å². The number of carbonyl (C=O) groups excluding carboxylic acids is 1. The summed E-state index contributed by atoms with van der Waals surface area (Å²) in [5.74, 6) is -0.998. The monoisotopic (exact) mass is 514 g/mol. The van der Waals surface area contributed by atoms with Gasteiger partial charge in [0.05, 0.1) is 10.6 Å². The summed E-state index contributed by atoms with van der Waals surface area (Å²) < 4.78 is 43.4. The number of thiophene rings is 1. The van der Waals surface area contributed by atoms with Crippen LogP contribution in [0.4, 0.5) is 10.1 Å². The third-order valence-electron chi connectivity index (χ3n) is 5.99. The first-order chi connectivity index (χ1) is 16.2. The van der Waals surface area contributed by atoms with E-state index >= 15 is 0 Å². The standard InChI is InChI=1S/C25H20ClFN2O3S2/c1-15-13-33-14-21(15)18-4-7-24(22(27)12-18)29-9-8-23(25(29)30)28-34(31,32)20-6-3-16-10-19(26)5-2-17(16)11-20/h2-7,10-14,23,28H,8-9H2,1H3/t23-/m0/s1. The van der Waals surface area contributed by atoms with E-state index in [2.05, 4.69) is 4.72 Å². The second-order valence-electron chi connectivity index (χ2n) is 8.24. The first-order valence-electron chi connectivity index (χ1n) is 10.6. The van der Waals surface area contributed by atoms with E-state index in [0.717, 1.165) is 27.5 Å². The molecule has 9 heteroatoms. The molecule has 1 N–H and O–H groups in total. The number of benzene rings is 3. The molecule has 34 heavy (non-hydrogen) atoms. The van der Waals surface area contributed by atoms with E-state index in [4.69, 9.17) is 11.6 Å². The SMILES string of the molecule is Cc1cscc1-c1ccc(N2CC[C@H](NS(=O)(=O)c3ccc4cc(Cl)ccc4c3)C2=O)c(F)c1. The fourth-order valence-electron chi connectivity index (χ4n) is 4.20. The van der Waals surface area contributed by atoms with E-state index in [1.165, 1.54) is 23.1 Å². The van der Waals surface area contributed by atoms with Gasteiger partial charge in [0.1, 0.15) is 11.9 Å². The molecular weight excluding hydrogens is 495 g/mol. The highest BCUT2D eigenvalue weighted by molar-refractivity contribution is 7.89. The fourth-order valence-corrected chi connectivity index (χ4v) is 6.49. The number of anilines is 1. The van der Waals surface area contributed by atoms with Crippen molar-refractivity contribution in [2.45, 2.75) is 24.3 Å². The van der Waals surface area contributed by atoms with E-state index in [0.29, 0.717) is 5.02 Å². The Kier molecular flexibility index (Phi) is 5.93. The van der Waals surface area contributed by atoms with Crippen molar-refractivity contribution in [1.29, 1.82) is 0 Å².